The Morgan fingerprint density at radius 3 is 2.79 bits per heavy atom. The Morgan fingerprint density at radius 1 is 1.24 bits per heavy atom. The van der Waals surface area contributed by atoms with E-state index in [1.54, 1.807) is 32.9 Å². The molecular formula is C19H24F2N4O2S2. The molecule has 0 spiro atoms. The number of nitrogens with one attached hydrogen (secondary N) is 1. The Kier molecular flexibility index (Phi) is 6.50. The van der Waals surface area contributed by atoms with Gasteiger partial charge in [-0.15, -0.1) is 11.3 Å². The van der Waals surface area contributed by atoms with E-state index >= 15 is 0 Å². The highest BCUT2D eigenvalue weighted by atomic mass is 32.2. The summed E-state index contributed by atoms with van der Waals surface area (Å²) in [5.41, 5.74) is 1.12. The predicted octanol–water partition coefficient (Wildman–Crippen LogP) is 2.51. The van der Waals surface area contributed by atoms with Crippen LogP contribution in [0.5, 0.6) is 0 Å². The zero-order valence-corrected chi connectivity index (χ0v) is 17.7. The fourth-order valence-electron chi connectivity index (χ4n) is 3.98. The number of carbonyl (C=O) groups excluding carboxylic acids is 1. The smallest absolute Gasteiger partial charge is 0.259 e. The molecule has 1 fully saturated rings. The van der Waals surface area contributed by atoms with Gasteiger partial charge in [0.1, 0.15) is 10.7 Å². The summed E-state index contributed by atoms with van der Waals surface area (Å²) in [6, 6.07) is 0. The Balaban J connectivity index is 1.24. The molecule has 1 aliphatic carbocycles. The summed E-state index contributed by atoms with van der Waals surface area (Å²) >= 11 is 3.20. The highest BCUT2D eigenvalue weighted by Crippen LogP contribution is 2.34. The zero-order chi connectivity index (χ0) is 20.4. The molecule has 29 heavy (non-hydrogen) atoms. The fourth-order valence-corrected chi connectivity index (χ4v) is 6.05. The summed E-state index contributed by atoms with van der Waals surface area (Å²) in [5, 5.41) is 0.761. The maximum absolute atomic E-state index is 12.5. The third-order valence-electron chi connectivity index (χ3n) is 5.44. The molecule has 2 aromatic heterocycles. The van der Waals surface area contributed by atoms with Gasteiger partial charge in [0.05, 0.1) is 17.7 Å². The minimum absolute atomic E-state index is 0.0530. The van der Waals surface area contributed by atoms with Crippen molar-refractivity contribution >= 4 is 39.2 Å². The normalized spacial score (nSPS) is 17.4. The van der Waals surface area contributed by atoms with Gasteiger partial charge in [-0.3, -0.25) is 14.5 Å². The first kappa shape index (κ1) is 20.7. The van der Waals surface area contributed by atoms with Gasteiger partial charge in [-0.25, -0.2) is 13.8 Å². The average Bonchev–Trinajstić information content (AvgIpc) is 3.26. The molecule has 2 aromatic rings. The Bertz CT molecular complexity index is 938. The van der Waals surface area contributed by atoms with E-state index in [0.29, 0.717) is 49.9 Å². The molecule has 1 aliphatic heterocycles. The molecule has 3 heterocycles. The minimum Gasteiger partial charge on any atom is -0.340 e. The number of thioether (sulfide) groups is 1. The van der Waals surface area contributed by atoms with Crippen molar-refractivity contribution in [3.8, 4) is 0 Å². The predicted molar refractivity (Wildman–Crippen MR) is 112 cm³/mol. The molecule has 0 atom stereocenters. The first-order chi connectivity index (χ1) is 14.0. The average molecular weight is 443 g/mol. The summed E-state index contributed by atoms with van der Waals surface area (Å²) < 4.78 is 24.8. The van der Waals surface area contributed by atoms with Crippen molar-refractivity contribution in [3.05, 3.63) is 26.6 Å². The lowest BCUT2D eigenvalue weighted by Gasteiger charge is -2.34. The highest BCUT2D eigenvalue weighted by molar-refractivity contribution is 7.98. The third-order valence-corrected chi connectivity index (χ3v) is 7.60. The number of amides is 1. The molecule has 10 heteroatoms. The molecule has 0 unspecified atom stereocenters. The molecule has 0 radical (unpaired) electrons. The second kappa shape index (κ2) is 9.09. The molecule has 6 nitrogen and oxygen atoms in total. The molecule has 1 N–H and O–H groups in total. The van der Waals surface area contributed by atoms with Gasteiger partial charge in [0.25, 0.3) is 12.0 Å². The van der Waals surface area contributed by atoms with E-state index in [2.05, 4.69) is 9.97 Å². The number of aromatic nitrogens is 2. The van der Waals surface area contributed by atoms with E-state index in [-0.39, 0.29) is 18.0 Å². The Hall–Kier alpha value is -1.52. The van der Waals surface area contributed by atoms with E-state index in [1.807, 2.05) is 0 Å². The highest BCUT2D eigenvalue weighted by Gasteiger charge is 2.23. The molecule has 0 bridgehead atoms. The molecular weight excluding hydrogens is 418 g/mol. The minimum atomic E-state index is -2.33. The van der Waals surface area contributed by atoms with E-state index in [0.717, 1.165) is 29.5 Å². The lowest BCUT2D eigenvalue weighted by Crippen LogP contribution is -2.49. The number of alkyl halides is 2. The van der Waals surface area contributed by atoms with E-state index in [1.165, 1.54) is 10.4 Å². The second-order valence-corrected chi connectivity index (χ2v) is 9.61. The van der Waals surface area contributed by atoms with Gasteiger partial charge in [0.15, 0.2) is 0 Å². The molecule has 158 valence electrons. The maximum Gasteiger partial charge on any atom is 0.259 e. The number of piperazine rings is 1. The van der Waals surface area contributed by atoms with Crippen LogP contribution in [-0.4, -0.2) is 70.6 Å². The van der Waals surface area contributed by atoms with Gasteiger partial charge in [-0.1, -0.05) is 0 Å². The van der Waals surface area contributed by atoms with Crippen molar-refractivity contribution in [3.63, 3.8) is 0 Å². The van der Waals surface area contributed by atoms with Crippen molar-refractivity contribution in [2.75, 3.05) is 38.5 Å². The first-order valence-corrected chi connectivity index (χ1v) is 11.9. The fraction of sp³-hybridized carbons (Fsp3) is 0.632. The second-order valence-electron chi connectivity index (χ2n) is 7.43. The Labute approximate surface area is 175 Å². The topological polar surface area (TPSA) is 69.3 Å². The third kappa shape index (κ3) is 4.80. The van der Waals surface area contributed by atoms with E-state index in [9.17, 15) is 18.4 Å². The van der Waals surface area contributed by atoms with Crippen molar-refractivity contribution in [1.82, 2.24) is 19.8 Å². The van der Waals surface area contributed by atoms with Crippen molar-refractivity contribution in [1.29, 1.82) is 0 Å². The maximum atomic E-state index is 12.5. The monoisotopic (exact) mass is 442 g/mol. The van der Waals surface area contributed by atoms with Gasteiger partial charge in [0, 0.05) is 43.2 Å². The van der Waals surface area contributed by atoms with Gasteiger partial charge in [0.2, 0.25) is 5.91 Å². The number of aromatic amines is 1. The molecule has 0 saturated carbocycles. The van der Waals surface area contributed by atoms with E-state index < -0.39 is 6.43 Å². The van der Waals surface area contributed by atoms with E-state index in [4.69, 9.17) is 0 Å². The number of H-pyrrole nitrogens is 1. The SMILES string of the molecule is O=C(CCSCc1nc2sc3c(c2c(=O)[nH]1)CCC3)N1CCN(CC(F)F)CC1. The van der Waals surface area contributed by atoms with Crippen LogP contribution in [0.3, 0.4) is 0 Å². The van der Waals surface area contributed by atoms with Gasteiger partial charge >= 0.3 is 0 Å². The summed E-state index contributed by atoms with van der Waals surface area (Å²) in [4.78, 5) is 37.9. The summed E-state index contributed by atoms with van der Waals surface area (Å²) in [7, 11) is 0. The van der Waals surface area contributed by atoms with Gasteiger partial charge in [-0.2, -0.15) is 11.8 Å². The van der Waals surface area contributed by atoms with Crippen molar-refractivity contribution in [2.24, 2.45) is 0 Å². The number of fused-ring (bicyclic) bond motifs is 3. The van der Waals surface area contributed by atoms with Gasteiger partial charge < -0.3 is 9.88 Å². The number of nitrogens with zero attached hydrogens (tertiary/aromatic N) is 3. The summed E-state index contributed by atoms with van der Waals surface area (Å²) in [5.74, 6) is 1.91. The number of aryl methyl sites for hydroxylation is 2. The first-order valence-electron chi connectivity index (χ1n) is 9.90. The number of thiophene rings is 1. The summed E-state index contributed by atoms with van der Waals surface area (Å²) in [6.07, 6.45) is 1.19. The molecule has 4 rings (SSSR count). The Morgan fingerprint density at radius 2 is 2.03 bits per heavy atom. The standard InChI is InChI=1S/C19H24F2N4O2S2/c20-14(21)10-24-5-7-25(8-6-24)16(26)4-9-28-11-15-22-18(27)17-12-2-1-3-13(12)29-19(17)23-15/h14H,1-11H2,(H,22,23,27). The van der Waals surface area contributed by atoms with Crippen molar-refractivity contribution in [2.45, 2.75) is 37.9 Å². The van der Waals surface area contributed by atoms with Crippen LogP contribution >= 0.6 is 23.1 Å². The molecule has 2 aliphatic rings. The summed E-state index contributed by atoms with van der Waals surface area (Å²) in [6.45, 7) is 1.79. The number of halogens is 2. The lowest BCUT2D eigenvalue weighted by molar-refractivity contribution is -0.132. The van der Waals surface area contributed by atoms with Crippen molar-refractivity contribution < 1.29 is 13.6 Å². The zero-order valence-electron chi connectivity index (χ0n) is 16.1. The number of rotatable bonds is 7. The number of hydrogen-bond acceptors (Lipinski definition) is 6. The van der Waals surface area contributed by atoms with Crippen LogP contribution in [-0.2, 0) is 23.4 Å². The lowest BCUT2D eigenvalue weighted by atomic mass is 10.2. The van der Waals surface area contributed by atoms with Crippen LogP contribution in [0, 0.1) is 0 Å². The largest absolute Gasteiger partial charge is 0.340 e. The van der Waals surface area contributed by atoms with Crippen LogP contribution < -0.4 is 5.56 Å². The molecule has 1 saturated heterocycles. The van der Waals surface area contributed by atoms with Gasteiger partial charge in [-0.05, 0) is 24.8 Å². The van der Waals surface area contributed by atoms with Crippen LogP contribution in [0.4, 0.5) is 8.78 Å². The number of carbonyl (C=O) groups is 1. The number of hydrogen-bond donors (Lipinski definition) is 1. The van der Waals surface area contributed by atoms with Crippen LogP contribution in [0.1, 0.15) is 29.1 Å². The van der Waals surface area contributed by atoms with Crippen LogP contribution in [0.15, 0.2) is 4.79 Å². The quantitative estimate of drug-likeness (QED) is 0.668. The molecule has 1 amide bonds. The van der Waals surface area contributed by atoms with Crippen LogP contribution in [0.2, 0.25) is 0 Å². The molecule has 0 aromatic carbocycles. The van der Waals surface area contributed by atoms with Crippen LogP contribution in [0.25, 0.3) is 10.2 Å².